The standard InChI is InChI=1S/C19H14F3IN2/c1-13-10-15(23)7-8-18(13)24-12-17-6-3-9-25(17)16-5-2-4-14(11-16)19(20,21)22/h2-12H,1H3. The molecule has 1 aromatic heterocycles. The third-order valence-electron chi connectivity index (χ3n) is 3.73. The zero-order valence-electron chi connectivity index (χ0n) is 13.3. The lowest BCUT2D eigenvalue weighted by molar-refractivity contribution is -0.137. The van der Waals surface area contributed by atoms with E-state index in [4.69, 9.17) is 0 Å². The molecule has 0 fully saturated rings. The smallest absolute Gasteiger partial charge is 0.316 e. The number of rotatable bonds is 3. The van der Waals surface area contributed by atoms with Crippen LogP contribution in [0.5, 0.6) is 0 Å². The van der Waals surface area contributed by atoms with Gasteiger partial charge in [-0.2, -0.15) is 13.2 Å². The molecule has 0 atom stereocenters. The zero-order valence-corrected chi connectivity index (χ0v) is 15.4. The second kappa shape index (κ2) is 7.03. The first-order valence-electron chi connectivity index (χ1n) is 7.50. The van der Waals surface area contributed by atoms with Crippen LogP contribution in [0.15, 0.2) is 65.8 Å². The molecule has 0 amide bonds. The van der Waals surface area contributed by atoms with Crippen molar-refractivity contribution in [1.29, 1.82) is 0 Å². The summed E-state index contributed by atoms with van der Waals surface area (Å²) in [5, 5.41) is 0. The van der Waals surface area contributed by atoms with Gasteiger partial charge in [-0.15, -0.1) is 0 Å². The first-order chi connectivity index (χ1) is 11.8. The normalized spacial score (nSPS) is 12.0. The van der Waals surface area contributed by atoms with E-state index in [0.717, 1.165) is 27.0 Å². The summed E-state index contributed by atoms with van der Waals surface area (Å²) in [4.78, 5) is 4.48. The van der Waals surface area contributed by atoms with Crippen LogP contribution in [-0.2, 0) is 6.18 Å². The second-order valence-corrected chi connectivity index (χ2v) is 6.79. The average Bonchev–Trinajstić information content (AvgIpc) is 3.02. The fourth-order valence-corrected chi connectivity index (χ4v) is 3.11. The highest BCUT2D eigenvalue weighted by Gasteiger charge is 2.30. The lowest BCUT2D eigenvalue weighted by atomic mass is 10.2. The molecule has 0 unspecified atom stereocenters. The monoisotopic (exact) mass is 454 g/mol. The van der Waals surface area contributed by atoms with E-state index < -0.39 is 11.7 Å². The summed E-state index contributed by atoms with van der Waals surface area (Å²) >= 11 is 2.24. The van der Waals surface area contributed by atoms with E-state index in [2.05, 4.69) is 27.6 Å². The third-order valence-corrected chi connectivity index (χ3v) is 4.40. The molecule has 3 aromatic rings. The van der Waals surface area contributed by atoms with Crippen molar-refractivity contribution in [3.05, 3.63) is 81.2 Å². The molecular formula is C19H14F3IN2. The number of hydrogen-bond acceptors (Lipinski definition) is 1. The van der Waals surface area contributed by atoms with Crippen LogP contribution >= 0.6 is 22.6 Å². The van der Waals surface area contributed by atoms with E-state index >= 15 is 0 Å². The van der Waals surface area contributed by atoms with Crippen LogP contribution in [0.1, 0.15) is 16.8 Å². The Bertz CT molecular complexity index is 926. The van der Waals surface area contributed by atoms with Crippen LogP contribution in [0.25, 0.3) is 5.69 Å². The Morgan fingerprint density at radius 3 is 2.56 bits per heavy atom. The quantitative estimate of drug-likeness (QED) is 0.333. The summed E-state index contributed by atoms with van der Waals surface area (Å²) in [6, 6.07) is 14.7. The molecule has 1 heterocycles. The average molecular weight is 454 g/mol. The molecule has 0 N–H and O–H groups in total. The summed E-state index contributed by atoms with van der Waals surface area (Å²) in [5.41, 5.74) is 2.35. The summed E-state index contributed by atoms with van der Waals surface area (Å²) in [6.07, 6.45) is -0.983. The van der Waals surface area contributed by atoms with Gasteiger partial charge < -0.3 is 4.57 Å². The number of aryl methyl sites for hydroxylation is 1. The van der Waals surface area contributed by atoms with Gasteiger partial charge in [0.15, 0.2) is 0 Å². The molecule has 2 nitrogen and oxygen atoms in total. The van der Waals surface area contributed by atoms with Crippen LogP contribution in [0.2, 0.25) is 0 Å². The van der Waals surface area contributed by atoms with Gasteiger partial charge in [0.25, 0.3) is 0 Å². The highest BCUT2D eigenvalue weighted by Crippen LogP contribution is 2.30. The van der Waals surface area contributed by atoms with Gasteiger partial charge in [0, 0.05) is 15.5 Å². The largest absolute Gasteiger partial charge is 0.416 e. The van der Waals surface area contributed by atoms with Crippen LogP contribution < -0.4 is 0 Å². The summed E-state index contributed by atoms with van der Waals surface area (Å²) in [7, 11) is 0. The van der Waals surface area contributed by atoms with E-state index in [9.17, 15) is 13.2 Å². The fourth-order valence-electron chi connectivity index (χ4n) is 2.47. The Labute approximate surface area is 157 Å². The Kier molecular flexibility index (Phi) is 4.99. The van der Waals surface area contributed by atoms with Crippen LogP contribution in [0.3, 0.4) is 0 Å². The van der Waals surface area contributed by atoms with Gasteiger partial charge in [-0.25, -0.2) is 0 Å². The summed E-state index contributed by atoms with van der Waals surface area (Å²) in [6.45, 7) is 1.97. The predicted octanol–water partition coefficient (Wildman–Crippen LogP) is 6.16. The Hall–Kier alpha value is -2.09. The van der Waals surface area contributed by atoms with E-state index in [1.807, 2.05) is 31.2 Å². The van der Waals surface area contributed by atoms with Gasteiger partial charge in [0.2, 0.25) is 0 Å². The van der Waals surface area contributed by atoms with Crippen molar-refractivity contribution in [2.45, 2.75) is 13.1 Å². The Balaban J connectivity index is 1.95. The van der Waals surface area contributed by atoms with E-state index in [0.29, 0.717) is 11.4 Å². The minimum absolute atomic E-state index is 0.445. The number of aromatic nitrogens is 1. The van der Waals surface area contributed by atoms with Crippen molar-refractivity contribution in [3.8, 4) is 5.69 Å². The number of nitrogens with zero attached hydrogens (tertiary/aromatic N) is 2. The number of hydrogen-bond donors (Lipinski definition) is 0. The van der Waals surface area contributed by atoms with Crippen LogP contribution in [-0.4, -0.2) is 10.8 Å². The topological polar surface area (TPSA) is 17.3 Å². The molecule has 25 heavy (non-hydrogen) atoms. The van der Waals surface area contributed by atoms with Crippen molar-refractivity contribution < 1.29 is 13.2 Å². The molecule has 0 aliphatic carbocycles. The zero-order chi connectivity index (χ0) is 18.0. The molecule has 3 rings (SSSR count). The maximum atomic E-state index is 12.9. The number of benzene rings is 2. The first-order valence-corrected chi connectivity index (χ1v) is 8.58. The van der Waals surface area contributed by atoms with Gasteiger partial charge >= 0.3 is 6.18 Å². The summed E-state index contributed by atoms with van der Waals surface area (Å²) in [5.74, 6) is 0. The molecule has 0 aliphatic rings. The molecule has 6 heteroatoms. The van der Waals surface area contributed by atoms with Crippen LogP contribution in [0, 0.1) is 10.5 Å². The third kappa shape index (κ3) is 4.12. The van der Waals surface area contributed by atoms with Crippen molar-refractivity contribution in [3.63, 3.8) is 0 Å². The molecule has 2 aromatic carbocycles. The van der Waals surface area contributed by atoms with Crippen molar-refractivity contribution >= 4 is 34.5 Å². The van der Waals surface area contributed by atoms with Gasteiger partial charge in [-0.1, -0.05) is 6.07 Å². The molecule has 0 saturated carbocycles. The highest BCUT2D eigenvalue weighted by atomic mass is 127. The van der Waals surface area contributed by atoms with Crippen molar-refractivity contribution in [2.75, 3.05) is 0 Å². The number of alkyl halides is 3. The fraction of sp³-hybridized carbons (Fsp3) is 0.105. The second-order valence-electron chi connectivity index (χ2n) is 5.54. The maximum absolute atomic E-state index is 12.9. The number of halogens is 4. The van der Waals surface area contributed by atoms with Gasteiger partial charge in [-0.3, -0.25) is 4.99 Å². The highest BCUT2D eigenvalue weighted by molar-refractivity contribution is 14.1. The predicted molar refractivity (Wildman–Crippen MR) is 102 cm³/mol. The molecule has 0 saturated heterocycles. The van der Waals surface area contributed by atoms with E-state index in [1.165, 1.54) is 6.07 Å². The van der Waals surface area contributed by atoms with E-state index in [1.54, 1.807) is 29.1 Å². The van der Waals surface area contributed by atoms with Gasteiger partial charge in [-0.05, 0) is 83.6 Å². The maximum Gasteiger partial charge on any atom is 0.416 e. The Morgan fingerprint density at radius 1 is 1.04 bits per heavy atom. The molecule has 0 bridgehead atoms. The van der Waals surface area contributed by atoms with Gasteiger partial charge in [0.1, 0.15) is 0 Å². The SMILES string of the molecule is Cc1cc(I)ccc1N=Cc1cccn1-c1cccc(C(F)(F)F)c1. The molecule has 0 aliphatic heterocycles. The molecule has 0 spiro atoms. The first kappa shape index (κ1) is 17.7. The Morgan fingerprint density at radius 2 is 1.84 bits per heavy atom. The van der Waals surface area contributed by atoms with E-state index in [-0.39, 0.29) is 0 Å². The molecular weight excluding hydrogens is 440 g/mol. The summed E-state index contributed by atoms with van der Waals surface area (Å²) < 4.78 is 41.6. The minimum Gasteiger partial charge on any atom is -0.316 e. The number of aliphatic imine (C=N–C) groups is 1. The van der Waals surface area contributed by atoms with Gasteiger partial charge in [0.05, 0.1) is 23.2 Å². The molecule has 0 radical (unpaired) electrons. The van der Waals surface area contributed by atoms with Crippen molar-refractivity contribution in [2.24, 2.45) is 4.99 Å². The molecule has 128 valence electrons. The minimum atomic E-state index is -4.37. The van der Waals surface area contributed by atoms with Crippen molar-refractivity contribution in [1.82, 2.24) is 4.57 Å². The lowest BCUT2D eigenvalue weighted by Crippen LogP contribution is -2.06. The van der Waals surface area contributed by atoms with Crippen LogP contribution in [0.4, 0.5) is 18.9 Å². The lowest BCUT2D eigenvalue weighted by Gasteiger charge is -2.11.